The van der Waals surface area contributed by atoms with Gasteiger partial charge in [0.25, 0.3) is 0 Å². The molecule has 3 atom stereocenters. The van der Waals surface area contributed by atoms with Crippen molar-refractivity contribution in [2.24, 2.45) is 0 Å². The van der Waals surface area contributed by atoms with Gasteiger partial charge in [-0.1, -0.05) is 6.07 Å². The third kappa shape index (κ3) is 2.92. The Kier molecular flexibility index (Phi) is 4.40. The van der Waals surface area contributed by atoms with Crippen LogP contribution in [0.15, 0.2) is 29.4 Å². The Labute approximate surface area is 108 Å². The third-order valence-corrected chi connectivity index (χ3v) is 4.28. The smallest absolute Gasteiger partial charge is 0.207 e. The summed E-state index contributed by atoms with van der Waals surface area (Å²) >= 11 is 0. The van der Waals surface area contributed by atoms with E-state index in [1.807, 2.05) is 0 Å². The van der Waals surface area contributed by atoms with Crippen LogP contribution in [0.1, 0.15) is 6.42 Å². The van der Waals surface area contributed by atoms with Crippen molar-refractivity contribution in [1.82, 2.24) is 14.6 Å². The highest BCUT2D eigenvalue weighted by Crippen LogP contribution is 2.16. The van der Waals surface area contributed by atoms with Crippen molar-refractivity contribution in [3.63, 3.8) is 0 Å². The summed E-state index contributed by atoms with van der Waals surface area (Å²) in [6.07, 6.45) is 2.03. The zero-order valence-corrected chi connectivity index (χ0v) is 10.5. The maximum absolute atomic E-state index is 12.2. The van der Waals surface area contributed by atoms with Crippen LogP contribution in [0, 0.1) is 0 Å². The van der Waals surface area contributed by atoms with E-state index in [0.29, 0.717) is 24.4 Å². The van der Waals surface area contributed by atoms with Gasteiger partial charge in [-0.2, -0.15) is 0 Å². The largest absolute Gasteiger partial charge is 0.390 e. The number of hydrogen-bond donors (Lipinski definition) is 2. The first-order valence-corrected chi connectivity index (χ1v) is 6.78. The topological polar surface area (TPSA) is 82.5 Å². The number of pyridine rings is 1. The fraction of sp³-hybridized carbons (Fsp3) is 0.455. The van der Waals surface area contributed by atoms with Crippen LogP contribution in [0.25, 0.3) is 0 Å². The standard InChI is InChI=1S/C11H15N3O3S/c15-8-13-9-4-6-14(7-10(9)16)18(17)11-3-1-2-5-12-11/h1-3,5,8-10,16H,4,6-7H2,(H,13,15). The minimum Gasteiger partial charge on any atom is -0.390 e. The number of carbonyl (C=O) groups excluding carboxylic acids is 1. The van der Waals surface area contributed by atoms with Crippen molar-refractivity contribution in [1.29, 1.82) is 0 Å². The van der Waals surface area contributed by atoms with Gasteiger partial charge < -0.3 is 10.4 Å². The summed E-state index contributed by atoms with van der Waals surface area (Å²) in [5, 5.41) is 12.9. The van der Waals surface area contributed by atoms with E-state index in [1.165, 1.54) is 0 Å². The highest BCUT2D eigenvalue weighted by Gasteiger charge is 2.30. The normalized spacial score (nSPS) is 26.5. The molecule has 6 nitrogen and oxygen atoms in total. The Bertz CT molecular complexity index is 429. The molecule has 0 aliphatic carbocycles. The number of hydrogen-bond acceptors (Lipinski definition) is 4. The van der Waals surface area contributed by atoms with Gasteiger partial charge in [0.15, 0.2) is 0 Å². The predicted molar refractivity (Wildman–Crippen MR) is 65.8 cm³/mol. The summed E-state index contributed by atoms with van der Waals surface area (Å²) in [6.45, 7) is 0.806. The molecule has 7 heteroatoms. The quantitative estimate of drug-likeness (QED) is 0.707. The van der Waals surface area contributed by atoms with E-state index in [1.54, 1.807) is 28.7 Å². The lowest BCUT2D eigenvalue weighted by Crippen LogP contribution is -2.52. The van der Waals surface area contributed by atoms with E-state index in [2.05, 4.69) is 10.3 Å². The number of nitrogens with one attached hydrogen (secondary N) is 1. The number of aliphatic hydroxyl groups is 1. The molecule has 2 rings (SSSR count). The first-order valence-electron chi connectivity index (χ1n) is 5.68. The first kappa shape index (κ1) is 13.1. The summed E-state index contributed by atoms with van der Waals surface area (Å²) in [5.74, 6) is 0. The highest BCUT2D eigenvalue weighted by atomic mass is 32.2. The van der Waals surface area contributed by atoms with Gasteiger partial charge in [0, 0.05) is 19.3 Å². The Hall–Kier alpha value is -1.31. The van der Waals surface area contributed by atoms with Gasteiger partial charge in [0.2, 0.25) is 6.41 Å². The predicted octanol–water partition coefficient (Wildman–Crippen LogP) is -0.715. The van der Waals surface area contributed by atoms with Crippen molar-refractivity contribution >= 4 is 17.4 Å². The molecule has 1 aromatic rings. The highest BCUT2D eigenvalue weighted by molar-refractivity contribution is 7.82. The molecule has 18 heavy (non-hydrogen) atoms. The molecule has 1 amide bonds. The molecule has 1 aliphatic heterocycles. The van der Waals surface area contributed by atoms with Crippen LogP contribution in [-0.4, -0.2) is 50.3 Å². The molecule has 3 unspecified atom stereocenters. The first-order chi connectivity index (χ1) is 8.72. The van der Waals surface area contributed by atoms with Crippen LogP contribution >= 0.6 is 0 Å². The number of aromatic nitrogens is 1. The molecular weight excluding hydrogens is 254 g/mol. The van der Waals surface area contributed by atoms with Gasteiger partial charge in [0.1, 0.15) is 16.0 Å². The van der Waals surface area contributed by atoms with Crippen molar-refractivity contribution in [3.8, 4) is 0 Å². The molecule has 2 heterocycles. The molecule has 1 saturated heterocycles. The second-order valence-electron chi connectivity index (χ2n) is 4.05. The van der Waals surface area contributed by atoms with Crippen molar-refractivity contribution in [3.05, 3.63) is 24.4 Å². The average Bonchev–Trinajstić information content (AvgIpc) is 2.41. The summed E-state index contributed by atoms with van der Waals surface area (Å²) in [6, 6.07) is 4.96. The van der Waals surface area contributed by atoms with E-state index in [0.717, 1.165) is 0 Å². The van der Waals surface area contributed by atoms with E-state index < -0.39 is 17.1 Å². The summed E-state index contributed by atoms with van der Waals surface area (Å²) in [4.78, 5) is 14.4. The molecule has 0 spiro atoms. The number of β-amino-alcohol motifs (C(OH)–C–C–N with tert-alkyl or cyclic N) is 1. The Morgan fingerprint density at radius 2 is 2.39 bits per heavy atom. The van der Waals surface area contributed by atoms with Crippen LogP contribution in [0.5, 0.6) is 0 Å². The van der Waals surface area contributed by atoms with Crippen LogP contribution in [0.2, 0.25) is 0 Å². The molecule has 1 fully saturated rings. The zero-order chi connectivity index (χ0) is 13.0. The second kappa shape index (κ2) is 6.03. The van der Waals surface area contributed by atoms with Crippen molar-refractivity contribution in [2.75, 3.05) is 13.1 Å². The van der Waals surface area contributed by atoms with Gasteiger partial charge >= 0.3 is 0 Å². The summed E-state index contributed by atoms with van der Waals surface area (Å²) < 4.78 is 13.8. The number of rotatable bonds is 4. The molecule has 1 aliphatic rings. The minimum atomic E-state index is -1.36. The Morgan fingerprint density at radius 3 is 3.00 bits per heavy atom. The molecule has 0 saturated carbocycles. The number of amides is 1. The molecule has 0 bridgehead atoms. The lowest BCUT2D eigenvalue weighted by Gasteiger charge is -2.34. The van der Waals surface area contributed by atoms with Gasteiger partial charge in [0.05, 0.1) is 12.1 Å². The van der Waals surface area contributed by atoms with Gasteiger partial charge in [-0.05, 0) is 18.6 Å². The van der Waals surface area contributed by atoms with E-state index in [9.17, 15) is 14.1 Å². The van der Waals surface area contributed by atoms with Crippen molar-refractivity contribution in [2.45, 2.75) is 23.6 Å². The maximum atomic E-state index is 12.2. The van der Waals surface area contributed by atoms with Crippen LogP contribution in [0.4, 0.5) is 0 Å². The SMILES string of the molecule is O=CNC1CCN(S(=O)c2ccccn2)CC1O. The lowest BCUT2D eigenvalue weighted by molar-refractivity contribution is -0.111. The fourth-order valence-electron chi connectivity index (χ4n) is 1.92. The average molecular weight is 269 g/mol. The maximum Gasteiger partial charge on any atom is 0.207 e. The monoisotopic (exact) mass is 269 g/mol. The van der Waals surface area contributed by atoms with Crippen LogP contribution in [-0.2, 0) is 15.8 Å². The molecule has 98 valence electrons. The number of carbonyl (C=O) groups is 1. The second-order valence-corrected chi connectivity index (χ2v) is 5.49. The van der Waals surface area contributed by atoms with E-state index in [-0.39, 0.29) is 12.6 Å². The van der Waals surface area contributed by atoms with E-state index in [4.69, 9.17) is 0 Å². The molecule has 1 aromatic heterocycles. The molecular formula is C11H15N3O3S. The number of piperidine rings is 1. The molecule has 0 radical (unpaired) electrons. The summed E-state index contributed by atoms with van der Waals surface area (Å²) in [5.41, 5.74) is 0. The van der Waals surface area contributed by atoms with Gasteiger partial charge in [-0.3, -0.25) is 4.79 Å². The summed E-state index contributed by atoms with van der Waals surface area (Å²) in [7, 11) is -1.36. The van der Waals surface area contributed by atoms with Crippen molar-refractivity contribution < 1.29 is 14.1 Å². The third-order valence-electron chi connectivity index (χ3n) is 2.88. The Morgan fingerprint density at radius 1 is 1.56 bits per heavy atom. The molecule has 2 N–H and O–H groups in total. The number of aliphatic hydroxyl groups excluding tert-OH is 1. The van der Waals surface area contributed by atoms with E-state index >= 15 is 0 Å². The van der Waals surface area contributed by atoms with Gasteiger partial charge in [-0.25, -0.2) is 13.5 Å². The zero-order valence-electron chi connectivity index (χ0n) is 9.73. The minimum absolute atomic E-state index is 0.259. The number of nitrogens with zero attached hydrogens (tertiary/aromatic N) is 2. The van der Waals surface area contributed by atoms with Crippen LogP contribution in [0.3, 0.4) is 0 Å². The lowest BCUT2D eigenvalue weighted by atomic mass is 10.0. The van der Waals surface area contributed by atoms with Crippen LogP contribution < -0.4 is 5.32 Å². The molecule has 0 aromatic carbocycles. The fourth-order valence-corrected chi connectivity index (χ4v) is 3.09. The Balaban J connectivity index is 2.00. The van der Waals surface area contributed by atoms with Gasteiger partial charge in [-0.15, -0.1) is 0 Å².